The predicted octanol–water partition coefficient (Wildman–Crippen LogP) is 4.22. The number of rotatable bonds is 2. The van der Waals surface area contributed by atoms with E-state index in [0.29, 0.717) is 33.5 Å². The molecule has 0 amide bonds. The van der Waals surface area contributed by atoms with Crippen molar-refractivity contribution in [3.05, 3.63) is 80.4 Å². The fourth-order valence-corrected chi connectivity index (χ4v) is 3.54. The highest BCUT2D eigenvalue weighted by atomic mass is 35.5. The first kappa shape index (κ1) is 17.4. The van der Waals surface area contributed by atoms with Gasteiger partial charge >= 0.3 is 0 Å². The molecule has 0 atom stereocenters. The number of non-ortho nitro benzene ring substituents is 1. The molecule has 3 aromatic rings. The van der Waals surface area contributed by atoms with E-state index in [2.05, 4.69) is 10.2 Å². The SMILES string of the molecule is Cc1nnc2n1-c1ccc([N+](=O)[O-])cc1C(c1ccccc1Cl)=NC2(C)C. The molecule has 7 nitrogen and oxygen atoms in total. The van der Waals surface area contributed by atoms with Crippen molar-refractivity contribution in [3.8, 4) is 5.69 Å². The number of fused-ring (bicyclic) bond motifs is 3. The molecule has 0 N–H and O–H groups in total. The molecule has 1 aromatic heterocycles. The van der Waals surface area contributed by atoms with E-state index in [9.17, 15) is 10.1 Å². The number of aryl methyl sites for hydroxylation is 1. The molecule has 27 heavy (non-hydrogen) atoms. The third kappa shape index (κ3) is 2.71. The van der Waals surface area contributed by atoms with Gasteiger partial charge in [0.05, 0.1) is 16.3 Å². The van der Waals surface area contributed by atoms with E-state index in [1.807, 2.05) is 43.5 Å². The summed E-state index contributed by atoms with van der Waals surface area (Å²) in [7, 11) is 0. The maximum absolute atomic E-state index is 11.4. The lowest BCUT2D eigenvalue weighted by Gasteiger charge is -2.18. The maximum atomic E-state index is 11.4. The minimum Gasteiger partial charge on any atom is -0.280 e. The molecule has 2 heterocycles. The van der Waals surface area contributed by atoms with Gasteiger partial charge in [-0.15, -0.1) is 10.2 Å². The van der Waals surface area contributed by atoms with Gasteiger partial charge in [0.1, 0.15) is 11.4 Å². The molecule has 0 spiro atoms. The van der Waals surface area contributed by atoms with Crippen LogP contribution in [0, 0.1) is 17.0 Å². The lowest BCUT2D eigenvalue weighted by Crippen LogP contribution is -2.20. The molecule has 0 bridgehead atoms. The minimum atomic E-state index is -0.705. The van der Waals surface area contributed by atoms with E-state index in [4.69, 9.17) is 16.6 Å². The van der Waals surface area contributed by atoms with E-state index in [0.717, 1.165) is 5.69 Å². The Hall–Kier alpha value is -3.06. The Kier molecular flexibility index (Phi) is 3.85. The number of hydrogen-bond donors (Lipinski definition) is 0. The molecule has 0 radical (unpaired) electrons. The fraction of sp³-hybridized carbons (Fsp3) is 0.211. The zero-order valence-electron chi connectivity index (χ0n) is 15.0. The van der Waals surface area contributed by atoms with Crippen LogP contribution in [-0.2, 0) is 5.54 Å². The summed E-state index contributed by atoms with van der Waals surface area (Å²) in [4.78, 5) is 15.9. The van der Waals surface area contributed by atoms with Gasteiger partial charge in [-0.25, -0.2) is 0 Å². The largest absolute Gasteiger partial charge is 0.280 e. The third-order valence-corrected chi connectivity index (χ3v) is 4.91. The molecule has 0 saturated carbocycles. The molecule has 2 aromatic carbocycles. The quantitative estimate of drug-likeness (QED) is 0.491. The lowest BCUT2D eigenvalue weighted by atomic mass is 9.99. The van der Waals surface area contributed by atoms with Crippen molar-refractivity contribution in [1.82, 2.24) is 14.8 Å². The molecule has 1 aliphatic heterocycles. The Morgan fingerprint density at radius 1 is 1.11 bits per heavy atom. The molecular formula is C19H16ClN5O2. The highest BCUT2D eigenvalue weighted by Crippen LogP contribution is 2.36. The van der Waals surface area contributed by atoms with Gasteiger partial charge < -0.3 is 0 Å². The van der Waals surface area contributed by atoms with E-state index in [-0.39, 0.29) is 5.69 Å². The first-order valence-corrected chi connectivity index (χ1v) is 8.74. The second-order valence-electron chi connectivity index (χ2n) is 6.86. The van der Waals surface area contributed by atoms with Gasteiger partial charge in [0.25, 0.3) is 5.69 Å². The number of benzene rings is 2. The van der Waals surface area contributed by atoms with Gasteiger partial charge in [-0.3, -0.25) is 19.7 Å². The minimum absolute atomic E-state index is 0.0134. The van der Waals surface area contributed by atoms with Gasteiger partial charge in [-0.05, 0) is 32.9 Å². The van der Waals surface area contributed by atoms with E-state index in [1.165, 1.54) is 12.1 Å². The third-order valence-electron chi connectivity index (χ3n) is 4.58. The molecule has 8 heteroatoms. The Morgan fingerprint density at radius 3 is 2.56 bits per heavy atom. The smallest absolute Gasteiger partial charge is 0.270 e. The molecule has 0 saturated heterocycles. The molecule has 0 unspecified atom stereocenters. The summed E-state index contributed by atoms with van der Waals surface area (Å²) < 4.78 is 1.90. The zero-order valence-corrected chi connectivity index (χ0v) is 15.7. The summed E-state index contributed by atoms with van der Waals surface area (Å²) in [6, 6.07) is 12.1. The van der Waals surface area contributed by atoms with Crippen molar-refractivity contribution < 1.29 is 4.92 Å². The summed E-state index contributed by atoms with van der Waals surface area (Å²) in [5.74, 6) is 1.35. The number of nitrogens with zero attached hydrogens (tertiary/aromatic N) is 5. The van der Waals surface area contributed by atoms with Crippen molar-refractivity contribution >= 4 is 23.0 Å². The summed E-state index contributed by atoms with van der Waals surface area (Å²) >= 11 is 6.44. The summed E-state index contributed by atoms with van der Waals surface area (Å²) in [5.41, 5.74) is 1.94. The average molecular weight is 382 g/mol. The summed E-state index contributed by atoms with van der Waals surface area (Å²) in [6.07, 6.45) is 0. The van der Waals surface area contributed by atoms with Gasteiger partial charge in [0, 0.05) is 28.3 Å². The summed E-state index contributed by atoms with van der Waals surface area (Å²) in [5, 5.41) is 20.4. The van der Waals surface area contributed by atoms with Gasteiger partial charge in [-0.1, -0.05) is 29.8 Å². The van der Waals surface area contributed by atoms with Gasteiger partial charge in [0.15, 0.2) is 5.82 Å². The predicted molar refractivity (Wildman–Crippen MR) is 103 cm³/mol. The normalized spacial score (nSPS) is 14.7. The van der Waals surface area contributed by atoms with E-state index in [1.54, 1.807) is 12.1 Å². The Morgan fingerprint density at radius 2 is 1.85 bits per heavy atom. The van der Waals surface area contributed by atoms with Crippen LogP contribution in [0.3, 0.4) is 0 Å². The molecule has 1 aliphatic rings. The first-order chi connectivity index (χ1) is 12.8. The Labute approximate surface area is 160 Å². The van der Waals surface area contributed by atoms with Crippen LogP contribution in [0.15, 0.2) is 47.5 Å². The topological polar surface area (TPSA) is 86.2 Å². The van der Waals surface area contributed by atoms with Crippen LogP contribution in [0.2, 0.25) is 5.02 Å². The zero-order chi connectivity index (χ0) is 19.3. The highest BCUT2D eigenvalue weighted by Gasteiger charge is 2.34. The average Bonchev–Trinajstić information content (AvgIpc) is 2.98. The number of halogens is 1. The van der Waals surface area contributed by atoms with Crippen LogP contribution < -0.4 is 0 Å². The monoisotopic (exact) mass is 381 g/mol. The molecular weight excluding hydrogens is 366 g/mol. The molecule has 0 fully saturated rings. The summed E-state index contributed by atoms with van der Waals surface area (Å²) in [6.45, 7) is 5.71. The van der Waals surface area contributed by atoms with Crippen molar-refractivity contribution in [2.24, 2.45) is 4.99 Å². The van der Waals surface area contributed by atoms with Crippen LogP contribution in [0.1, 0.15) is 36.6 Å². The fourth-order valence-electron chi connectivity index (χ4n) is 3.32. The van der Waals surface area contributed by atoms with Crippen LogP contribution in [0.5, 0.6) is 0 Å². The van der Waals surface area contributed by atoms with Crippen molar-refractivity contribution in [3.63, 3.8) is 0 Å². The van der Waals surface area contributed by atoms with Crippen molar-refractivity contribution in [1.29, 1.82) is 0 Å². The number of nitro groups is 1. The maximum Gasteiger partial charge on any atom is 0.270 e. The van der Waals surface area contributed by atoms with E-state index >= 15 is 0 Å². The molecule has 4 rings (SSSR count). The van der Waals surface area contributed by atoms with Crippen LogP contribution >= 0.6 is 11.6 Å². The number of aliphatic imine (C=N–C) groups is 1. The number of nitro benzene ring substituents is 1. The van der Waals surface area contributed by atoms with E-state index < -0.39 is 10.5 Å². The Bertz CT molecular complexity index is 1120. The second-order valence-corrected chi connectivity index (χ2v) is 7.27. The lowest BCUT2D eigenvalue weighted by molar-refractivity contribution is -0.384. The van der Waals surface area contributed by atoms with Crippen molar-refractivity contribution in [2.45, 2.75) is 26.3 Å². The Balaban J connectivity index is 2.12. The van der Waals surface area contributed by atoms with Crippen LogP contribution in [0.25, 0.3) is 5.69 Å². The highest BCUT2D eigenvalue weighted by molar-refractivity contribution is 6.35. The molecule has 136 valence electrons. The van der Waals surface area contributed by atoms with Gasteiger partial charge in [0.2, 0.25) is 0 Å². The van der Waals surface area contributed by atoms with Gasteiger partial charge in [-0.2, -0.15) is 0 Å². The van der Waals surface area contributed by atoms with Crippen LogP contribution in [-0.4, -0.2) is 25.4 Å². The standard InChI is InChI=1S/C19H16ClN5O2/c1-11-22-23-18-19(2,3)21-17(13-6-4-5-7-15(13)20)14-10-12(25(26)27)8-9-16(14)24(11)18/h4-10H,1-3H3. The number of aromatic nitrogens is 3. The second kappa shape index (κ2) is 5.99. The van der Waals surface area contributed by atoms with Crippen molar-refractivity contribution in [2.75, 3.05) is 0 Å². The first-order valence-electron chi connectivity index (χ1n) is 8.36. The van der Waals surface area contributed by atoms with Crippen LogP contribution in [0.4, 0.5) is 5.69 Å². The molecule has 0 aliphatic carbocycles. The number of hydrogen-bond acceptors (Lipinski definition) is 5.